The number of carbonyl (C=O) groups excluding carboxylic acids is 1. The van der Waals surface area contributed by atoms with E-state index >= 15 is 0 Å². The van der Waals surface area contributed by atoms with Crippen molar-refractivity contribution in [2.75, 3.05) is 20.3 Å². The number of aromatic nitrogens is 1. The Balaban J connectivity index is 1.45. The Morgan fingerprint density at radius 1 is 1.09 bits per heavy atom. The number of pyridine rings is 1. The van der Waals surface area contributed by atoms with Crippen molar-refractivity contribution in [1.29, 1.82) is 0 Å². The standard InChI is InChI=1S/C27H28N2O3/c1-18-16-21(19-9-11-22(31-2)12-10-19)17-24(28-18)25-8-5-14-29(25)27(30)26-23-7-4-3-6-20(23)13-15-32-26/h3-4,6-7,9-12,16-17,25-26H,5,8,13-15H2,1-2H3/t25-,26+/m0/s1. The van der Waals surface area contributed by atoms with Gasteiger partial charge in [0.1, 0.15) is 5.75 Å². The molecule has 0 spiro atoms. The fraction of sp³-hybridized carbons (Fsp3) is 0.333. The van der Waals surface area contributed by atoms with Gasteiger partial charge in [0.05, 0.1) is 25.5 Å². The molecule has 2 aliphatic heterocycles. The number of ether oxygens (including phenoxy) is 2. The summed E-state index contributed by atoms with van der Waals surface area (Å²) in [5.74, 6) is 0.883. The van der Waals surface area contributed by atoms with Gasteiger partial charge in [-0.2, -0.15) is 0 Å². The molecule has 0 bridgehead atoms. The van der Waals surface area contributed by atoms with Crippen LogP contribution in [0.25, 0.3) is 11.1 Å². The summed E-state index contributed by atoms with van der Waals surface area (Å²) in [6.07, 6.45) is 2.22. The van der Waals surface area contributed by atoms with Gasteiger partial charge < -0.3 is 14.4 Å². The van der Waals surface area contributed by atoms with Gasteiger partial charge in [0, 0.05) is 12.2 Å². The molecule has 5 rings (SSSR count). The predicted octanol–water partition coefficient (Wildman–Crippen LogP) is 5.04. The first-order chi connectivity index (χ1) is 15.6. The van der Waals surface area contributed by atoms with Crippen molar-refractivity contribution in [2.24, 2.45) is 0 Å². The number of nitrogens with zero attached hydrogens (tertiary/aromatic N) is 2. The highest BCUT2D eigenvalue weighted by molar-refractivity contribution is 5.83. The van der Waals surface area contributed by atoms with Gasteiger partial charge in [0.15, 0.2) is 6.10 Å². The molecule has 0 aliphatic carbocycles. The second-order valence-corrected chi connectivity index (χ2v) is 8.54. The van der Waals surface area contributed by atoms with Crippen molar-refractivity contribution in [3.8, 4) is 16.9 Å². The number of aryl methyl sites for hydroxylation is 1. The lowest BCUT2D eigenvalue weighted by atomic mass is 9.96. The van der Waals surface area contributed by atoms with Gasteiger partial charge in [-0.1, -0.05) is 36.4 Å². The summed E-state index contributed by atoms with van der Waals surface area (Å²) < 4.78 is 11.3. The van der Waals surface area contributed by atoms with Crippen LogP contribution in [-0.4, -0.2) is 36.1 Å². The van der Waals surface area contributed by atoms with Crippen LogP contribution in [0.5, 0.6) is 5.75 Å². The van der Waals surface area contributed by atoms with Gasteiger partial charge in [-0.15, -0.1) is 0 Å². The number of fused-ring (bicyclic) bond motifs is 1. The molecular weight excluding hydrogens is 400 g/mol. The van der Waals surface area contributed by atoms with Gasteiger partial charge in [-0.3, -0.25) is 9.78 Å². The molecule has 0 unspecified atom stereocenters. The van der Waals surface area contributed by atoms with Crippen molar-refractivity contribution in [1.82, 2.24) is 9.88 Å². The molecule has 2 atom stereocenters. The Bertz CT molecular complexity index is 1130. The van der Waals surface area contributed by atoms with E-state index in [1.165, 1.54) is 5.56 Å². The summed E-state index contributed by atoms with van der Waals surface area (Å²) in [4.78, 5) is 20.4. The van der Waals surface area contributed by atoms with Crippen LogP contribution < -0.4 is 4.74 Å². The number of amides is 1. The normalized spacial score (nSPS) is 20.1. The zero-order chi connectivity index (χ0) is 22.1. The zero-order valence-electron chi connectivity index (χ0n) is 18.6. The third-order valence-electron chi connectivity index (χ3n) is 6.49. The smallest absolute Gasteiger partial charge is 0.256 e. The Morgan fingerprint density at radius 3 is 2.72 bits per heavy atom. The molecule has 1 saturated heterocycles. The van der Waals surface area contributed by atoms with Crippen molar-refractivity contribution in [2.45, 2.75) is 38.3 Å². The third-order valence-corrected chi connectivity index (χ3v) is 6.49. The molecule has 2 aromatic carbocycles. The van der Waals surface area contributed by atoms with Crippen LogP contribution >= 0.6 is 0 Å². The van der Waals surface area contributed by atoms with Crippen molar-refractivity contribution in [3.05, 3.63) is 83.2 Å². The molecule has 1 fully saturated rings. The molecule has 0 N–H and O–H groups in total. The van der Waals surface area contributed by atoms with Crippen LogP contribution in [0.4, 0.5) is 0 Å². The Morgan fingerprint density at radius 2 is 1.91 bits per heavy atom. The largest absolute Gasteiger partial charge is 0.497 e. The summed E-state index contributed by atoms with van der Waals surface area (Å²) in [5, 5.41) is 0. The quantitative estimate of drug-likeness (QED) is 0.584. The lowest BCUT2D eigenvalue weighted by Gasteiger charge is -2.32. The van der Waals surface area contributed by atoms with E-state index in [0.717, 1.165) is 59.6 Å². The molecule has 3 aromatic rings. The molecule has 0 radical (unpaired) electrons. The topological polar surface area (TPSA) is 51.7 Å². The maximum absolute atomic E-state index is 13.6. The number of hydrogen-bond acceptors (Lipinski definition) is 4. The van der Waals surface area contributed by atoms with E-state index < -0.39 is 6.10 Å². The van der Waals surface area contributed by atoms with Crippen LogP contribution in [-0.2, 0) is 16.0 Å². The second-order valence-electron chi connectivity index (χ2n) is 8.54. The number of methoxy groups -OCH3 is 1. The van der Waals surface area contributed by atoms with Crippen LogP contribution in [0.2, 0.25) is 0 Å². The Labute approximate surface area is 189 Å². The summed E-state index contributed by atoms with van der Waals surface area (Å²) in [5.41, 5.74) is 6.33. The minimum absolute atomic E-state index is 0.0305. The highest BCUT2D eigenvalue weighted by Gasteiger charge is 2.37. The number of hydrogen-bond donors (Lipinski definition) is 0. The SMILES string of the molecule is COc1ccc(-c2cc(C)nc([C@@H]3CCCN3C(=O)[C@@H]3OCCc4ccccc43)c2)cc1. The van der Waals surface area contributed by atoms with Crippen molar-refractivity contribution >= 4 is 5.91 Å². The third kappa shape index (κ3) is 3.89. The molecule has 2 aliphatic rings. The minimum Gasteiger partial charge on any atom is -0.497 e. The van der Waals surface area contributed by atoms with Crippen LogP contribution in [0.3, 0.4) is 0 Å². The van der Waals surface area contributed by atoms with Crippen molar-refractivity contribution in [3.63, 3.8) is 0 Å². The van der Waals surface area contributed by atoms with Crippen LogP contribution in [0.15, 0.2) is 60.7 Å². The molecule has 1 aromatic heterocycles. The summed E-state index contributed by atoms with van der Waals surface area (Å²) in [7, 11) is 1.67. The van der Waals surface area contributed by atoms with Gasteiger partial charge in [-0.25, -0.2) is 0 Å². The fourth-order valence-electron chi connectivity index (χ4n) is 4.90. The number of carbonyl (C=O) groups is 1. The monoisotopic (exact) mass is 428 g/mol. The molecule has 1 amide bonds. The molecular formula is C27H28N2O3. The maximum atomic E-state index is 13.6. The van der Waals surface area contributed by atoms with Gasteiger partial charge in [0.25, 0.3) is 5.91 Å². The summed E-state index contributed by atoms with van der Waals surface area (Å²) >= 11 is 0. The highest BCUT2D eigenvalue weighted by Crippen LogP contribution is 2.37. The minimum atomic E-state index is -0.522. The molecule has 3 heterocycles. The van der Waals surface area contributed by atoms with Gasteiger partial charge in [-0.05, 0) is 72.7 Å². The van der Waals surface area contributed by atoms with E-state index in [1.807, 2.05) is 42.2 Å². The van der Waals surface area contributed by atoms with E-state index in [0.29, 0.717) is 6.61 Å². The first-order valence-corrected chi connectivity index (χ1v) is 11.3. The van der Waals surface area contributed by atoms with E-state index in [4.69, 9.17) is 14.5 Å². The Hall–Kier alpha value is -3.18. The molecule has 0 saturated carbocycles. The predicted molar refractivity (Wildman–Crippen MR) is 123 cm³/mol. The number of rotatable bonds is 4. The first kappa shape index (κ1) is 20.7. The molecule has 164 valence electrons. The van der Waals surface area contributed by atoms with Crippen LogP contribution in [0, 0.1) is 6.92 Å². The first-order valence-electron chi connectivity index (χ1n) is 11.3. The summed E-state index contributed by atoms with van der Waals surface area (Å²) in [6, 6.07) is 20.4. The van der Waals surface area contributed by atoms with E-state index in [9.17, 15) is 4.79 Å². The maximum Gasteiger partial charge on any atom is 0.256 e. The molecule has 32 heavy (non-hydrogen) atoms. The number of benzene rings is 2. The number of likely N-dealkylation sites (tertiary alicyclic amines) is 1. The zero-order valence-corrected chi connectivity index (χ0v) is 18.6. The van der Waals surface area contributed by atoms with E-state index in [-0.39, 0.29) is 11.9 Å². The Kier molecular flexibility index (Phi) is 5.66. The lowest BCUT2D eigenvalue weighted by molar-refractivity contribution is -0.146. The average molecular weight is 429 g/mol. The lowest BCUT2D eigenvalue weighted by Crippen LogP contribution is -2.38. The average Bonchev–Trinajstić information content (AvgIpc) is 3.33. The van der Waals surface area contributed by atoms with E-state index in [1.54, 1.807) is 7.11 Å². The fourth-order valence-corrected chi connectivity index (χ4v) is 4.90. The molecule has 5 heteroatoms. The van der Waals surface area contributed by atoms with E-state index in [2.05, 4.69) is 30.3 Å². The van der Waals surface area contributed by atoms with Gasteiger partial charge >= 0.3 is 0 Å². The molecule has 5 nitrogen and oxygen atoms in total. The van der Waals surface area contributed by atoms with Crippen LogP contribution in [0.1, 0.15) is 47.5 Å². The highest BCUT2D eigenvalue weighted by atomic mass is 16.5. The second kappa shape index (κ2) is 8.75. The van der Waals surface area contributed by atoms with Crippen molar-refractivity contribution < 1.29 is 14.3 Å². The summed E-state index contributed by atoms with van der Waals surface area (Å²) in [6.45, 7) is 3.33. The van der Waals surface area contributed by atoms with Gasteiger partial charge in [0.2, 0.25) is 0 Å².